The highest BCUT2D eigenvalue weighted by molar-refractivity contribution is 9.10. The third-order valence-corrected chi connectivity index (χ3v) is 4.16. The first-order valence-corrected chi connectivity index (χ1v) is 7.07. The lowest BCUT2D eigenvalue weighted by atomic mass is 10.2. The van der Waals surface area contributed by atoms with Crippen LogP contribution in [0.3, 0.4) is 0 Å². The fourth-order valence-electron chi connectivity index (χ4n) is 2.18. The molecule has 2 rings (SSSR count). The lowest BCUT2D eigenvalue weighted by Crippen LogP contribution is -2.34. The fraction of sp³-hybridized carbons (Fsp3) is 0.462. The monoisotopic (exact) mass is 330 g/mol. The Bertz CT molecular complexity index is 464. The van der Waals surface area contributed by atoms with Gasteiger partial charge in [-0.25, -0.2) is 0 Å². The van der Waals surface area contributed by atoms with Crippen molar-refractivity contribution < 1.29 is 4.79 Å². The Morgan fingerprint density at radius 2 is 2.22 bits per heavy atom. The molecule has 1 aromatic carbocycles. The predicted octanol–water partition coefficient (Wildman–Crippen LogP) is 2.88. The Morgan fingerprint density at radius 3 is 2.83 bits per heavy atom. The Morgan fingerprint density at radius 1 is 1.50 bits per heavy atom. The highest BCUT2D eigenvalue weighted by Gasteiger charge is 2.28. The number of hydrogen-bond donors (Lipinski definition) is 0. The number of benzene rings is 1. The molecule has 1 atom stereocenters. The summed E-state index contributed by atoms with van der Waals surface area (Å²) in [4.78, 5) is 16.4. The van der Waals surface area contributed by atoms with Crippen molar-refractivity contribution in [3.63, 3.8) is 0 Å². The van der Waals surface area contributed by atoms with E-state index >= 15 is 0 Å². The molecule has 1 unspecified atom stereocenters. The fourth-order valence-corrected chi connectivity index (χ4v) is 2.74. The van der Waals surface area contributed by atoms with Crippen LogP contribution in [-0.2, 0) is 0 Å². The number of halogens is 2. The summed E-state index contributed by atoms with van der Waals surface area (Å²) in [5, 5.41) is 0.511. The quantitative estimate of drug-likeness (QED) is 0.832. The van der Waals surface area contributed by atoms with Crippen molar-refractivity contribution in [2.45, 2.75) is 12.5 Å². The van der Waals surface area contributed by atoms with Gasteiger partial charge in [-0.05, 0) is 38.7 Å². The van der Waals surface area contributed by atoms with Gasteiger partial charge in [0.1, 0.15) is 0 Å². The van der Waals surface area contributed by atoms with E-state index in [9.17, 15) is 4.79 Å². The summed E-state index contributed by atoms with van der Waals surface area (Å²) in [6.07, 6.45) is 1.02. The minimum Gasteiger partial charge on any atom is -0.337 e. The van der Waals surface area contributed by atoms with Gasteiger partial charge in [0.25, 0.3) is 5.91 Å². The molecule has 1 amide bonds. The second-order valence-electron chi connectivity index (χ2n) is 4.78. The molecule has 3 nitrogen and oxygen atoms in total. The number of hydrogen-bond acceptors (Lipinski definition) is 2. The average molecular weight is 332 g/mol. The molecule has 0 aromatic heterocycles. The maximum atomic E-state index is 12.4. The number of rotatable bonds is 2. The van der Waals surface area contributed by atoms with E-state index in [-0.39, 0.29) is 5.91 Å². The zero-order valence-corrected chi connectivity index (χ0v) is 12.8. The predicted molar refractivity (Wildman–Crippen MR) is 77.1 cm³/mol. The van der Waals surface area contributed by atoms with Crippen LogP contribution in [0.4, 0.5) is 0 Å². The maximum Gasteiger partial charge on any atom is 0.255 e. The van der Waals surface area contributed by atoms with Gasteiger partial charge in [-0.3, -0.25) is 4.79 Å². The third kappa shape index (κ3) is 2.87. The number of carbonyl (C=O) groups is 1. The minimum absolute atomic E-state index is 0.0191. The van der Waals surface area contributed by atoms with Crippen LogP contribution in [0.15, 0.2) is 22.7 Å². The molecular weight excluding hydrogens is 316 g/mol. The van der Waals surface area contributed by atoms with Crippen molar-refractivity contribution in [2.75, 3.05) is 27.2 Å². The van der Waals surface area contributed by atoms with Gasteiger partial charge in [-0.2, -0.15) is 0 Å². The van der Waals surface area contributed by atoms with Crippen LogP contribution < -0.4 is 0 Å². The molecule has 1 heterocycles. The van der Waals surface area contributed by atoms with E-state index in [1.165, 1.54) is 0 Å². The molecular formula is C13H16BrClN2O. The van der Waals surface area contributed by atoms with E-state index in [4.69, 9.17) is 11.6 Å². The van der Waals surface area contributed by atoms with Crippen LogP contribution >= 0.6 is 27.5 Å². The number of likely N-dealkylation sites (tertiary alicyclic amines) is 1. The molecule has 18 heavy (non-hydrogen) atoms. The molecule has 1 aromatic rings. The molecule has 0 saturated carbocycles. The molecule has 98 valence electrons. The van der Waals surface area contributed by atoms with Gasteiger partial charge >= 0.3 is 0 Å². The van der Waals surface area contributed by atoms with Gasteiger partial charge in [0.2, 0.25) is 0 Å². The Balaban J connectivity index is 2.15. The van der Waals surface area contributed by atoms with Crippen LogP contribution in [0, 0.1) is 0 Å². The molecule has 0 spiro atoms. The van der Waals surface area contributed by atoms with Crippen LogP contribution in [-0.4, -0.2) is 48.9 Å². The summed E-state index contributed by atoms with van der Waals surface area (Å²) < 4.78 is 0.874. The maximum absolute atomic E-state index is 12.4. The normalized spacial score (nSPS) is 19.6. The minimum atomic E-state index is 0.0191. The van der Waals surface area contributed by atoms with Crippen molar-refractivity contribution in [3.05, 3.63) is 33.3 Å². The van der Waals surface area contributed by atoms with E-state index < -0.39 is 0 Å². The first kappa shape index (κ1) is 13.8. The number of likely N-dealkylation sites (N-methyl/N-ethyl adjacent to an activating group) is 1. The van der Waals surface area contributed by atoms with Gasteiger partial charge in [0, 0.05) is 23.6 Å². The Hall–Kier alpha value is -0.580. The summed E-state index contributed by atoms with van der Waals surface area (Å²) in [7, 11) is 4.09. The topological polar surface area (TPSA) is 23.6 Å². The first-order valence-electron chi connectivity index (χ1n) is 5.90. The largest absolute Gasteiger partial charge is 0.337 e. The smallest absolute Gasteiger partial charge is 0.255 e. The van der Waals surface area contributed by atoms with Gasteiger partial charge < -0.3 is 9.80 Å². The van der Waals surface area contributed by atoms with Crippen LogP contribution in [0.5, 0.6) is 0 Å². The second kappa shape index (κ2) is 5.59. The highest BCUT2D eigenvalue weighted by atomic mass is 79.9. The highest BCUT2D eigenvalue weighted by Crippen LogP contribution is 2.24. The van der Waals surface area contributed by atoms with Crippen molar-refractivity contribution in [2.24, 2.45) is 0 Å². The molecule has 1 aliphatic heterocycles. The first-order chi connectivity index (χ1) is 8.49. The zero-order valence-electron chi connectivity index (χ0n) is 10.5. The standard InChI is InChI=1S/C13H16BrClN2O/c1-16(2)10-5-6-17(8-10)13(18)11-7-9(14)3-4-12(11)15/h3-4,7,10H,5-6,8H2,1-2H3. The van der Waals surface area contributed by atoms with Crippen molar-refractivity contribution >= 4 is 33.4 Å². The summed E-state index contributed by atoms with van der Waals surface area (Å²) >= 11 is 9.46. The van der Waals surface area contributed by atoms with Crippen molar-refractivity contribution in [1.82, 2.24) is 9.80 Å². The SMILES string of the molecule is CN(C)C1CCN(C(=O)c2cc(Br)ccc2Cl)C1. The van der Waals surface area contributed by atoms with E-state index in [2.05, 4.69) is 20.8 Å². The van der Waals surface area contributed by atoms with Gasteiger partial charge in [0.15, 0.2) is 0 Å². The van der Waals surface area contributed by atoms with E-state index in [1.54, 1.807) is 12.1 Å². The van der Waals surface area contributed by atoms with Crippen LogP contribution in [0.25, 0.3) is 0 Å². The van der Waals surface area contributed by atoms with Gasteiger partial charge in [0.05, 0.1) is 10.6 Å². The molecule has 1 aliphatic rings. The lowest BCUT2D eigenvalue weighted by Gasteiger charge is -2.20. The number of nitrogens with zero attached hydrogens (tertiary/aromatic N) is 2. The zero-order chi connectivity index (χ0) is 13.3. The second-order valence-corrected chi connectivity index (χ2v) is 6.10. The Kier molecular flexibility index (Phi) is 4.30. The number of amides is 1. The molecule has 0 N–H and O–H groups in total. The van der Waals surface area contributed by atoms with E-state index in [1.807, 2.05) is 25.1 Å². The van der Waals surface area contributed by atoms with Crippen molar-refractivity contribution in [3.8, 4) is 0 Å². The number of carbonyl (C=O) groups excluding carboxylic acids is 1. The molecule has 1 saturated heterocycles. The molecule has 0 radical (unpaired) electrons. The molecule has 5 heteroatoms. The summed E-state index contributed by atoms with van der Waals surface area (Å²) in [5.41, 5.74) is 0.574. The summed E-state index contributed by atoms with van der Waals surface area (Å²) in [6.45, 7) is 1.57. The van der Waals surface area contributed by atoms with Crippen molar-refractivity contribution in [1.29, 1.82) is 0 Å². The van der Waals surface area contributed by atoms with Crippen LogP contribution in [0.2, 0.25) is 5.02 Å². The summed E-state index contributed by atoms with van der Waals surface area (Å²) in [6, 6.07) is 5.82. The Labute approximate surface area is 121 Å². The average Bonchev–Trinajstić information content (AvgIpc) is 2.81. The van der Waals surface area contributed by atoms with E-state index in [0.29, 0.717) is 16.6 Å². The molecule has 1 fully saturated rings. The molecule has 0 aliphatic carbocycles. The third-order valence-electron chi connectivity index (χ3n) is 3.34. The lowest BCUT2D eigenvalue weighted by molar-refractivity contribution is 0.0783. The van der Waals surface area contributed by atoms with Crippen LogP contribution in [0.1, 0.15) is 16.8 Å². The van der Waals surface area contributed by atoms with Gasteiger partial charge in [-0.15, -0.1) is 0 Å². The van der Waals surface area contributed by atoms with Gasteiger partial charge in [-0.1, -0.05) is 27.5 Å². The molecule has 0 bridgehead atoms. The van der Waals surface area contributed by atoms with E-state index in [0.717, 1.165) is 24.0 Å². The summed E-state index contributed by atoms with van der Waals surface area (Å²) in [5.74, 6) is 0.0191.